The summed E-state index contributed by atoms with van der Waals surface area (Å²) in [7, 11) is 1.68. The fourth-order valence-corrected chi connectivity index (χ4v) is 3.24. The summed E-state index contributed by atoms with van der Waals surface area (Å²) in [5, 5.41) is 0. The van der Waals surface area contributed by atoms with Gasteiger partial charge in [0.15, 0.2) is 5.82 Å². The van der Waals surface area contributed by atoms with Gasteiger partial charge in [-0.25, -0.2) is 4.98 Å². The topological polar surface area (TPSA) is 50.6 Å². The molecule has 0 atom stereocenters. The van der Waals surface area contributed by atoms with Gasteiger partial charge >= 0.3 is 0 Å². The Morgan fingerprint density at radius 3 is 2.33 bits per heavy atom. The first-order chi connectivity index (χ1) is 11.8. The number of nitrogens with zero attached hydrogens (tertiary/aromatic N) is 4. The summed E-state index contributed by atoms with van der Waals surface area (Å²) < 4.78 is 7.05. The summed E-state index contributed by atoms with van der Waals surface area (Å²) in [4.78, 5) is 21.4. The van der Waals surface area contributed by atoms with E-state index in [4.69, 9.17) is 4.74 Å². The zero-order chi connectivity index (χ0) is 16.5. The van der Waals surface area contributed by atoms with Gasteiger partial charge in [-0.2, -0.15) is 0 Å². The molecule has 0 bridgehead atoms. The zero-order valence-electron chi connectivity index (χ0n) is 13.9. The molecule has 1 aromatic heterocycles. The van der Waals surface area contributed by atoms with E-state index in [2.05, 4.69) is 26.9 Å². The molecule has 1 aromatic carbocycles. The van der Waals surface area contributed by atoms with Crippen molar-refractivity contribution in [2.24, 2.45) is 0 Å². The number of hydrogen-bond acceptors (Lipinski definition) is 5. The summed E-state index contributed by atoms with van der Waals surface area (Å²) in [6.07, 6.45) is 5.78. The standard InChI is InChI=1S/C18H22N4O2/c1-24-16-6-4-14(5-7-16)20-10-12-21(13-11-20)17-18(23)22(9-8-19-17)15-2-3-15/h4-9,15H,2-3,10-13H2,1H3. The second kappa shape index (κ2) is 6.19. The summed E-state index contributed by atoms with van der Waals surface area (Å²) in [5.41, 5.74) is 1.24. The molecule has 1 aliphatic carbocycles. The molecule has 24 heavy (non-hydrogen) atoms. The monoisotopic (exact) mass is 326 g/mol. The third-order valence-electron chi connectivity index (χ3n) is 4.81. The summed E-state index contributed by atoms with van der Waals surface area (Å²) in [6.45, 7) is 3.38. The molecule has 1 saturated carbocycles. The fourth-order valence-electron chi connectivity index (χ4n) is 3.24. The van der Waals surface area contributed by atoms with Crippen molar-refractivity contribution in [3.8, 4) is 5.75 Å². The van der Waals surface area contributed by atoms with Gasteiger partial charge in [0, 0.05) is 50.3 Å². The number of aromatic nitrogens is 2. The van der Waals surface area contributed by atoms with Gasteiger partial charge in [-0.15, -0.1) is 0 Å². The SMILES string of the molecule is COc1ccc(N2CCN(c3nccn(C4CC4)c3=O)CC2)cc1. The maximum Gasteiger partial charge on any atom is 0.293 e. The Morgan fingerprint density at radius 1 is 1.04 bits per heavy atom. The lowest BCUT2D eigenvalue weighted by Gasteiger charge is -2.36. The number of methoxy groups -OCH3 is 1. The third-order valence-corrected chi connectivity index (χ3v) is 4.81. The molecule has 0 unspecified atom stereocenters. The molecule has 6 heteroatoms. The molecule has 2 aliphatic rings. The van der Waals surface area contributed by atoms with E-state index >= 15 is 0 Å². The van der Waals surface area contributed by atoms with E-state index in [1.807, 2.05) is 22.9 Å². The molecule has 2 heterocycles. The van der Waals surface area contributed by atoms with Crippen LogP contribution in [0.3, 0.4) is 0 Å². The van der Waals surface area contributed by atoms with E-state index in [0.717, 1.165) is 44.8 Å². The molecule has 2 aromatic rings. The normalized spacial score (nSPS) is 17.9. The van der Waals surface area contributed by atoms with Crippen molar-refractivity contribution in [3.63, 3.8) is 0 Å². The number of hydrogen-bond donors (Lipinski definition) is 0. The van der Waals surface area contributed by atoms with Crippen LogP contribution in [0, 0.1) is 0 Å². The van der Waals surface area contributed by atoms with Crippen LogP contribution in [-0.2, 0) is 0 Å². The van der Waals surface area contributed by atoms with Crippen molar-refractivity contribution in [1.82, 2.24) is 9.55 Å². The molecule has 126 valence electrons. The molecular weight excluding hydrogens is 304 g/mol. The highest BCUT2D eigenvalue weighted by Crippen LogP contribution is 2.33. The Bertz CT molecular complexity index is 759. The van der Waals surface area contributed by atoms with Crippen LogP contribution in [0.1, 0.15) is 18.9 Å². The summed E-state index contributed by atoms with van der Waals surface area (Å²) in [6, 6.07) is 8.51. The van der Waals surface area contributed by atoms with Gasteiger partial charge in [0.2, 0.25) is 0 Å². The second-order valence-electron chi connectivity index (χ2n) is 6.37. The van der Waals surface area contributed by atoms with Crippen LogP contribution in [0.2, 0.25) is 0 Å². The van der Waals surface area contributed by atoms with Gasteiger partial charge in [-0.3, -0.25) is 4.79 Å². The fraction of sp³-hybridized carbons (Fsp3) is 0.444. The lowest BCUT2D eigenvalue weighted by Crippen LogP contribution is -2.48. The second-order valence-corrected chi connectivity index (χ2v) is 6.37. The van der Waals surface area contributed by atoms with Gasteiger partial charge in [-0.05, 0) is 37.1 Å². The van der Waals surface area contributed by atoms with E-state index in [9.17, 15) is 4.79 Å². The van der Waals surface area contributed by atoms with E-state index in [1.165, 1.54) is 5.69 Å². The number of ether oxygens (including phenoxy) is 1. The van der Waals surface area contributed by atoms with E-state index in [1.54, 1.807) is 13.3 Å². The minimum Gasteiger partial charge on any atom is -0.497 e. The molecule has 0 spiro atoms. The van der Waals surface area contributed by atoms with Crippen molar-refractivity contribution < 1.29 is 4.74 Å². The highest BCUT2D eigenvalue weighted by atomic mass is 16.5. The molecule has 0 radical (unpaired) electrons. The summed E-state index contributed by atoms with van der Waals surface area (Å²) in [5.74, 6) is 1.46. The zero-order valence-corrected chi connectivity index (χ0v) is 13.9. The van der Waals surface area contributed by atoms with Crippen LogP contribution in [-0.4, -0.2) is 42.8 Å². The van der Waals surface area contributed by atoms with E-state index < -0.39 is 0 Å². The number of benzene rings is 1. The first-order valence-corrected chi connectivity index (χ1v) is 8.47. The Kier molecular flexibility index (Phi) is 3.88. The van der Waals surface area contributed by atoms with Crippen LogP contribution in [0.5, 0.6) is 5.75 Å². The Balaban J connectivity index is 1.46. The third kappa shape index (κ3) is 2.84. The maximum absolute atomic E-state index is 12.6. The van der Waals surface area contributed by atoms with Crippen molar-refractivity contribution >= 4 is 11.5 Å². The molecule has 1 aliphatic heterocycles. The number of anilines is 2. The van der Waals surface area contributed by atoms with Crippen LogP contribution in [0.4, 0.5) is 11.5 Å². The van der Waals surface area contributed by atoms with Crippen LogP contribution < -0.4 is 20.1 Å². The highest BCUT2D eigenvalue weighted by molar-refractivity contribution is 5.51. The first kappa shape index (κ1) is 15.1. The van der Waals surface area contributed by atoms with Gasteiger partial charge < -0.3 is 19.1 Å². The van der Waals surface area contributed by atoms with Crippen molar-refractivity contribution in [3.05, 3.63) is 47.0 Å². The van der Waals surface area contributed by atoms with E-state index in [0.29, 0.717) is 11.9 Å². The Morgan fingerprint density at radius 2 is 1.71 bits per heavy atom. The van der Waals surface area contributed by atoms with Gasteiger partial charge in [-0.1, -0.05) is 0 Å². The first-order valence-electron chi connectivity index (χ1n) is 8.47. The van der Waals surface area contributed by atoms with Gasteiger partial charge in [0.25, 0.3) is 5.56 Å². The van der Waals surface area contributed by atoms with Crippen molar-refractivity contribution in [2.75, 3.05) is 43.1 Å². The molecule has 1 saturated heterocycles. The van der Waals surface area contributed by atoms with Gasteiger partial charge in [0.05, 0.1) is 7.11 Å². The van der Waals surface area contributed by atoms with Crippen LogP contribution >= 0.6 is 0 Å². The minimum atomic E-state index is 0.0536. The predicted molar refractivity (Wildman–Crippen MR) is 94.2 cm³/mol. The van der Waals surface area contributed by atoms with Gasteiger partial charge in [0.1, 0.15) is 5.75 Å². The number of piperazine rings is 1. The average Bonchev–Trinajstić information content (AvgIpc) is 3.47. The minimum absolute atomic E-state index is 0.0536. The van der Waals surface area contributed by atoms with Crippen LogP contribution in [0.15, 0.2) is 41.5 Å². The molecular formula is C18H22N4O2. The quantitative estimate of drug-likeness (QED) is 0.859. The van der Waals surface area contributed by atoms with Crippen molar-refractivity contribution in [1.29, 1.82) is 0 Å². The Labute approximate surface area is 141 Å². The largest absolute Gasteiger partial charge is 0.497 e. The predicted octanol–water partition coefficient (Wildman–Crippen LogP) is 1.91. The molecule has 0 N–H and O–H groups in total. The molecule has 0 amide bonds. The van der Waals surface area contributed by atoms with Crippen LogP contribution in [0.25, 0.3) is 0 Å². The lowest BCUT2D eigenvalue weighted by atomic mass is 10.2. The van der Waals surface area contributed by atoms with E-state index in [-0.39, 0.29) is 5.56 Å². The summed E-state index contributed by atoms with van der Waals surface area (Å²) >= 11 is 0. The highest BCUT2D eigenvalue weighted by Gasteiger charge is 2.27. The molecule has 4 rings (SSSR count). The molecule has 6 nitrogen and oxygen atoms in total. The Hall–Kier alpha value is -2.50. The maximum atomic E-state index is 12.6. The molecule has 2 fully saturated rings. The van der Waals surface area contributed by atoms with Crippen molar-refractivity contribution in [2.45, 2.75) is 18.9 Å². The smallest absolute Gasteiger partial charge is 0.293 e. The number of rotatable bonds is 4. The lowest BCUT2D eigenvalue weighted by molar-refractivity contribution is 0.415. The average molecular weight is 326 g/mol.